The van der Waals surface area contributed by atoms with E-state index in [1.807, 2.05) is 24.3 Å². The predicted octanol–water partition coefficient (Wildman–Crippen LogP) is 2.10. The van der Waals surface area contributed by atoms with E-state index in [0.717, 1.165) is 5.56 Å². The molecule has 3 rings (SSSR count). The number of carboxylic acids is 1. The van der Waals surface area contributed by atoms with Gasteiger partial charge in [0.05, 0.1) is 13.2 Å². The molecule has 2 aromatic rings. The van der Waals surface area contributed by atoms with Crippen LogP contribution in [0.3, 0.4) is 0 Å². The summed E-state index contributed by atoms with van der Waals surface area (Å²) in [7, 11) is 0. The lowest BCUT2D eigenvalue weighted by atomic mass is 10.0. The number of nitrogens with zero attached hydrogens (tertiary/aromatic N) is 3. The summed E-state index contributed by atoms with van der Waals surface area (Å²) in [5.74, 6) is 0.120. The van der Waals surface area contributed by atoms with Crippen LogP contribution < -0.4 is 0 Å². The van der Waals surface area contributed by atoms with Crippen LogP contribution in [0.5, 0.6) is 0 Å². The highest BCUT2D eigenvalue weighted by Crippen LogP contribution is 2.21. The van der Waals surface area contributed by atoms with Crippen molar-refractivity contribution in [1.82, 2.24) is 15.0 Å². The van der Waals surface area contributed by atoms with E-state index in [-0.39, 0.29) is 25.5 Å². The normalized spacial score (nSPS) is 17.3. The van der Waals surface area contributed by atoms with Crippen molar-refractivity contribution < 1.29 is 24.0 Å². The van der Waals surface area contributed by atoms with Gasteiger partial charge in [-0.3, -0.25) is 4.79 Å². The van der Waals surface area contributed by atoms with Gasteiger partial charge in [0.2, 0.25) is 17.6 Å². The minimum absolute atomic E-state index is 0.0610. The van der Waals surface area contributed by atoms with Gasteiger partial charge in [-0.05, 0) is 11.5 Å². The zero-order valence-corrected chi connectivity index (χ0v) is 15.4. The molecule has 1 atom stereocenters. The second-order valence-electron chi connectivity index (χ2n) is 6.83. The van der Waals surface area contributed by atoms with E-state index < -0.39 is 12.1 Å². The van der Waals surface area contributed by atoms with E-state index >= 15 is 0 Å². The molecule has 144 valence electrons. The van der Waals surface area contributed by atoms with Crippen molar-refractivity contribution in [3.63, 3.8) is 0 Å². The average molecular weight is 373 g/mol. The zero-order valence-electron chi connectivity index (χ0n) is 15.4. The molecule has 1 fully saturated rings. The number of aryl methyl sites for hydroxylation is 1. The quantitative estimate of drug-likeness (QED) is 0.826. The minimum Gasteiger partial charge on any atom is -0.479 e. The topological polar surface area (TPSA) is 106 Å². The van der Waals surface area contributed by atoms with Crippen molar-refractivity contribution >= 4 is 11.9 Å². The summed E-state index contributed by atoms with van der Waals surface area (Å²) in [6.45, 7) is 4.93. The maximum absolute atomic E-state index is 12.3. The van der Waals surface area contributed by atoms with E-state index in [9.17, 15) is 9.59 Å². The van der Waals surface area contributed by atoms with Gasteiger partial charge in [0.15, 0.2) is 6.10 Å². The molecular weight excluding hydrogens is 350 g/mol. The Kier molecular flexibility index (Phi) is 5.85. The number of hydrogen-bond donors (Lipinski definition) is 1. The van der Waals surface area contributed by atoms with Crippen molar-refractivity contribution in [2.24, 2.45) is 0 Å². The zero-order chi connectivity index (χ0) is 19.4. The van der Waals surface area contributed by atoms with Crippen LogP contribution in [-0.2, 0) is 20.7 Å². The fourth-order valence-corrected chi connectivity index (χ4v) is 2.89. The Balaban J connectivity index is 1.56. The molecule has 1 N–H and O–H groups in total. The number of benzene rings is 1. The molecule has 1 aliphatic rings. The Hall–Kier alpha value is -2.74. The maximum atomic E-state index is 12.3. The second-order valence-corrected chi connectivity index (χ2v) is 6.83. The minimum atomic E-state index is -1.06. The van der Waals surface area contributed by atoms with E-state index in [1.54, 1.807) is 0 Å². The van der Waals surface area contributed by atoms with Crippen LogP contribution >= 0.6 is 0 Å². The fraction of sp³-hybridized carbons (Fsp3) is 0.474. The molecule has 0 bridgehead atoms. The molecule has 27 heavy (non-hydrogen) atoms. The standard InChI is InChI=1S/C19H23N3O5/c1-12(2)13-3-5-14(6-4-13)18-20-16(27-21-18)7-8-17(23)22-9-10-26-15(11-22)19(24)25/h3-6,12,15H,7-11H2,1-2H3,(H,24,25)/t15-/m0/s1. The lowest BCUT2D eigenvalue weighted by Gasteiger charge is -2.30. The second kappa shape index (κ2) is 8.30. The summed E-state index contributed by atoms with van der Waals surface area (Å²) in [6.07, 6.45) is -0.475. The number of carbonyl (C=O) groups excluding carboxylic acids is 1. The summed E-state index contributed by atoms with van der Waals surface area (Å²) in [5, 5.41) is 13.0. The summed E-state index contributed by atoms with van der Waals surface area (Å²) in [5.41, 5.74) is 2.09. The molecule has 1 saturated heterocycles. The highest BCUT2D eigenvalue weighted by atomic mass is 16.5. The van der Waals surface area contributed by atoms with Gasteiger partial charge in [-0.15, -0.1) is 0 Å². The molecule has 0 unspecified atom stereocenters. The molecule has 1 aromatic heterocycles. The fourth-order valence-electron chi connectivity index (χ4n) is 2.89. The Labute approximate surface area is 157 Å². The summed E-state index contributed by atoms with van der Waals surface area (Å²) < 4.78 is 10.4. The number of aliphatic carboxylic acids is 1. The SMILES string of the molecule is CC(C)c1ccc(-c2noc(CCC(=O)N3CCO[C@H](C(=O)O)C3)n2)cc1. The highest BCUT2D eigenvalue weighted by Gasteiger charge is 2.28. The van der Waals surface area contributed by atoms with Crippen LogP contribution in [0.25, 0.3) is 11.4 Å². The number of hydrogen-bond acceptors (Lipinski definition) is 6. The summed E-state index contributed by atoms with van der Waals surface area (Å²) in [6, 6.07) is 7.98. The first kappa shape index (κ1) is 19.0. The van der Waals surface area contributed by atoms with Crippen LogP contribution in [0.4, 0.5) is 0 Å². The van der Waals surface area contributed by atoms with E-state index in [0.29, 0.717) is 30.6 Å². The first-order chi connectivity index (χ1) is 12.9. The van der Waals surface area contributed by atoms with Gasteiger partial charge in [-0.1, -0.05) is 43.3 Å². The molecule has 0 spiro atoms. The first-order valence-corrected chi connectivity index (χ1v) is 8.99. The van der Waals surface area contributed by atoms with Gasteiger partial charge in [0.1, 0.15) is 0 Å². The third-order valence-corrected chi connectivity index (χ3v) is 4.55. The Morgan fingerprint density at radius 3 is 2.70 bits per heavy atom. The van der Waals surface area contributed by atoms with Crippen molar-refractivity contribution in [3.8, 4) is 11.4 Å². The molecule has 0 saturated carbocycles. The van der Waals surface area contributed by atoms with Crippen molar-refractivity contribution in [2.45, 2.75) is 38.7 Å². The van der Waals surface area contributed by atoms with Gasteiger partial charge >= 0.3 is 5.97 Å². The average Bonchev–Trinajstić information content (AvgIpc) is 3.15. The number of carboxylic acid groups (broad SMARTS) is 1. The molecule has 8 nitrogen and oxygen atoms in total. The van der Waals surface area contributed by atoms with Crippen LogP contribution in [0, 0.1) is 0 Å². The number of amides is 1. The van der Waals surface area contributed by atoms with Gasteiger partial charge in [0.25, 0.3) is 0 Å². The summed E-state index contributed by atoms with van der Waals surface area (Å²) in [4.78, 5) is 29.2. The molecule has 0 aliphatic carbocycles. The van der Waals surface area contributed by atoms with Gasteiger partial charge in [0, 0.05) is 24.9 Å². The Morgan fingerprint density at radius 2 is 2.04 bits per heavy atom. The monoisotopic (exact) mass is 373 g/mol. The van der Waals surface area contributed by atoms with Gasteiger partial charge in [-0.25, -0.2) is 4.79 Å². The largest absolute Gasteiger partial charge is 0.479 e. The van der Waals surface area contributed by atoms with Crippen LogP contribution in [0.2, 0.25) is 0 Å². The Morgan fingerprint density at radius 1 is 1.30 bits per heavy atom. The van der Waals surface area contributed by atoms with Gasteiger partial charge < -0.3 is 19.3 Å². The lowest BCUT2D eigenvalue weighted by Crippen LogP contribution is -2.48. The number of aromatic nitrogens is 2. The van der Waals surface area contributed by atoms with Gasteiger partial charge in [-0.2, -0.15) is 4.98 Å². The number of ether oxygens (including phenoxy) is 1. The summed E-state index contributed by atoms with van der Waals surface area (Å²) >= 11 is 0. The first-order valence-electron chi connectivity index (χ1n) is 8.99. The van der Waals surface area contributed by atoms with E-state index in [2.05, 4.69) is 24.0 Å². The molecule has 1 aromatic carbocycles. The third kappa shape index (κ3) is 4.71. The van der Waals surface area contributed by atoms with Crippen LogP contribution in [0.15, 0.2) is 28.8 Å². The molecule has 8 heteroatoms. The van der Waals surface area contributed by atoms with Crippen LogP contribution in [0.1, 0.15) is 37.6 Å². The van der Waals surface area contributed by atoms with Crippen molar-refractivity contribution in [3.05, 3.63) is 35.7 Å². The smallest absolute Gasteiger partial charge is 0.334 e. The maximum Gasteiger partial charge on any atom is 0.334 e. The lowest BCUT2D eigenvalue weighted by molar-refractivity contribution is -0.159. The molecule has 0 radical (unpaired) electrons. The molecule has 1 amide bonds. The molecule has 1 aliphatic heterocycles. The third-order valence-electron chi connectivity index (χ3n) is 4.55. The Bertz CT molecular complexity index is 800. The number of carbonyl (C=O) groups is 2. The molecule has 2 heterocycles. The van der Waals surface area contributed by atoms with E-state index in [4.69, 9.17) is 14.4 Å². The number of morpholine rings is 1. The van der Waals surface area contributed by atoms with Crippen LogP contribution in [-0.4, -0.2) is 57.8 Å². The number of rotatable bonds is 6. The highest BCUT2D eigenvalue weighted by molar-refractivity contribution is 5.78. The van der Waals surface area contributed by atoms with Crippen molar-refractivity contribution in [1.29, 1.82) is 0 Å². The molecular formula is C19H23N3O5. The predicted molar refractivity (Wildman–Crippen MR) is 96.1 cm³/mol. The van der Waals surface area contributed by atoms with E-state index in [1.165, 1.54) is 10.5 Å². The van der Waals surface area contributed by atoms with Crippen molar-refractivity contribution in [2.75, 3.05) is 19.7 Å².